The van der Waals surface area contributed by atoms with E-state index in [1.54, 1.807) is 12.1 Å². The van der Waals surface area contributed by atoms with Gasteiger partial charge in [-0.1, -0.05) is 23.9 Å². The highest BCUT2D eigenvalue weighted by Crippen LogP contribution is 2.32. The normalized spacial score (nSPS) is 10.9. The van der Waals surface area contributed by atoms with Crippen molar-refractivity contribution in [2.75, 3.05) is 11.1 Å². The van der Waals surface area contributed by atoms with E-state index in [1.807, 2.05) is 32.0 Å². The molecular weight excluding hydrogens is 386 g/mol. The number of carbonyl (C=O) groups is 1. The number of rotatable bonds is 7. The summed E-state index contributed by atoms with van der Waals surface area (Å²) in [5, 5.41) is 13.7. The van der Waals surface area contributed by atoms with Gasteiger partial charge in [-0.05, 0) is 32.0 Å². The zero-order valence-electron chi connectivity index (χ0n) is 14.7. The van der Waals surface area contributed by atoms with Crippen molar-refractivity contribution in [2.45, 2.75) is 24.3 Å². The average Bonchev–Trinajstić information content (AvgIpc) is 3.03. The van der Waals surface area contributed by atoms with Gasteiger partial charge in [0.1, 0.15) is 5.75 Å². The van der Waals surface area contributed by atoms with Gasteiger partial charge in [0.15, 0.2) is 4.34 Å². The number of nitro benzene ring substituents is 1. The number of hydrogen-bond acceptors (Lipinski definition) is 7. The van der Waals surface area contributed by atoms with Crippen molar-refractivity contribution >= 4 is 50.6 Å². The molecule has 0 saturated heterocycles. The Kier molecular flexibility index (Phi) is 5.92. The summed E-state index contributed by atoms with van der Waals surface area (Å²) in [6.07, 6.45) is 0.00392. The number of anilines is 1. The van der Waals surface area contributed by atoms with Gasteiger partial charge in [0.2, 0.25) is 5.91 Å². The van der Waals surface area contributed by atoms with Crippen LogP contribution in [0.2, 0.25) is 0 Å². The molecule has 0 spiro atoms. The van der Waals surface area contributed by atoms with Gasteiger partial charge >= 0.3 is 0 Å². The summed E-state index contributed by atoms with van der Waals surface area (Å²) in [6.45, 7) is 3.85. The van der Waals surface area contributed by atoms with E-state index in [0.717, 1.165) is 4.70 Å². The molecule has 3 aromatic rings. The Morgan fingerprint density at radius 2 is 2.11 bits per heavy atom. The Bertz CT molecular complexity index is 988. The van der Waals surface area contributed by atoms with Crippen LogP contribution in [0.3, 0.4) is 0 Å². The highest BCUT2D eigenvalue weighted by Gasteiger charge is 2.13. The Labute approximate surface area is 163 Å². The van der Waals surface area contributed by atoms with Crippen molar-refractivity contribution < 1.29 is 14.5 Å². The first-order valence-electron chi connectivity index (χ1n) is 8.15. The Morgan fingerprint density at radius 3 is 2.85 bits per heavy atom. The second-order valence-electron chi connectivity index (χ2n) is 5.89. The zero-order chi connectivity index (χ0) is 19.4. The van der Waals surface area contributed by atoms with Gasteiger partial charge in [-0.15, -0.1) is 11.3 Å². The molecule has 0 aliphatic heterocycles. The summed E-state index contributed by atoms with van der Waals surface area (Å²) in [7, 11) is 0. The third-order valence-electron chi connectivity index (χ3n) is 3.41. The first-order chi connectivity index (χ1) is 12.9. The summed E-state index contributed by atoms with van der Waals surface area (Å²) < 4.78 is 7.10. The molecule has 0 aliphatic carbocycles. The molecule has 1 aromatic heterocycles. The van der Waals surface area contributed by atoms with Crippen molar-refractivity contribution in [3.8, 4) is 5.75 Å². The molecule has 0 saturated carbocycles. The molecule has 1 amide bonds. The quantitative estimate of drug-likeness (QED) is 0.348. The van der Waals surface area contributed by atoms with Crippen molar-refractivity contribution in [3.63, 3.8) is 0 Å². The molecule has 3 rings (SSSR count). The number of nitro groups is 1. The van der Waals surface area contributed by atoms with E-state index in [9.17, 15) is 14.9 Å². The molecule has 0 atom stereocenters. The number of hydrogen-bond donors (Lipinski definition) is 1. The second kappa shape index (κ2) is 8.36. The van der Waals surface area contributed by atoms with Gasteiger partial charge in [0.25, 0.3) is 5.69 Å². The van der Waals surface area contributed by atoms with Crippen molar-refractivity contribution in [3.05, 3.63) is 52.6 Å². The molecule has 2 aromatic carbocycles. The number of thiazole rings is 1. The lowest BCUT2D eigenvalue weighted by Gasteiger charge is -2.14. The summed E-state index contributed by atoms with van der Waals surface area (Å²) in [5.74, 6) is 0.626. The molecule has 7 nitrogen and oxygen atoms in total. The Morgan fingerprint density at radius 1 is 1.33 bits per heavy atom. The summed E-state index contributed by atoms with van der Waals surface area (Å²) in [4.78, 5) is 27.1. The molecule has 0 fully saturated rings. The van der Waals surface area contributed by atoms with Gasteiger partial charge in [-0.25, -0.2) is 4.98 Å². The number of thioether (sulfide) groups is 1. The van der Waals surface area contributed by atoms with Crippen molar-refractivity contribution in [1.82, 2.24) is 4.98 Å². The zero-order valence-corrected chi connectivity index (χ0v) is 16.3. The van der Waals surface area contributed by atoms with Crippen LogP contribution in [0.25, 0.3) is 10.2 Å². The third kappa shape index (κ3) is 4.95. The molecule has 27 heavy (non-hydrogen) atoms. The predicted octanol–water partition coefficient (Wildman–Crippen LogP) is 4.72. The number of benzene rings is 2. The van der Waals surface area contributed by atoms with Gasteiger partial charge in [-0.2, -0.15) is 0 Å². The topological polar surface area (TPSA) is 94.4 Å². The fourth-order valence-electron chi connectivity index (χ4n) is 2.31. The molecule has 0 aliphatic rings. The second-order valence-corrected chi connectivity index (χ2v) is 8.14. The third-order valence-corrected chi connectivity index (χ3v) is 5.57. The first kappa shape index (κ1) is 19.1. The van der Waals surface area contributed by atoms with Crippen molar-refractivity contribution in [1.29, 1.82) is 0 Å². The maximum atomic E-state index is 12.3. The van der Waals surface area contributed by atoms with Gasteiger partial charge < -0.3 is 10.1 Å². The van der Waals surface area contributed by atoms with E-state index in [0.29, 0.717) is 21.3 Å². The molecule has 1 heterocycles. The number of amides is 1. The largest absolute Gasteiger partial charge is 0.489 e. The molecule has 9 heteroatoms. The van der Waals surface area contributed by atoms with Crippen LogP contribution in [0.15, 0.2) is 46.8 Å². The van der Waals surface area contributed by atoms with Crippen LogP contribution in [-0.2, 0) is 4.79 Å². The van der Waals surface area contributed by atoms with E-state index in [2.05, 4.69) is 10.3 Å². The minimum Gasteiger partial charge on any atom is -0.489 e. The molecule has 1 N–H and O–H groups in total. The van der Waals surface area contributed by atoms with E-state index in [-0.39, 0.29) is 23.5 Å². The number of aromatic nitrogens is 1. The number of para-hydroxylation sites is 2. The van der Waals surface area contributed by atoms with Crippen LogP contribution in [0.4, 0.5) is 11.4 Å². The number of ether oxygens (including phenoxy) is 1. The molecule has 140 valence electrons. The van der Waals surface area contributed by atoms with Crippen LogP contribution < -0.4 is 10.1 Å². The molecule has 0 bridgehead atoms. The standard InChI is InChI=1S/C18H17N3O4S2/c1-11(2)25-15-6-4-3-5-13(15)19-17(22)10-26-18-20-14-8-7-12(21(23)24)9-16(14)27-18/h3-9,11H,10H2,1-2H3,(H,19,22). The molecule has 0 radical (unpaired) electrons. The Hall–Kier alpha value is -2.65. The van der Waals surface area contributed by atoms with Crippen molar-refractivity contribution in [2.24, 2.45) is 0 Å². The number of nitrogens with zero attached hydrogens (tertiary/aromatic N) is 2. The van der Waals surface area contributed by atoms with Crippen LogP contribution in [0.5, 0.6) is 5.75 Å². The highest BCUT2D eigenvalue weighted by molar-refractivity contribution is 8.01. The van der Waals surface area contributed by atoms with Gasteiger partial charge in [0, 0.05) is 12.1 Å². The minimum atomic E-state index is -0.434. The Balaban J connectivity index is 1.64. The number of non-ortho nitro benzene ring substituents is 1. The lowest BCUT2D eigenvalue weighted by atomic mass is 10.3. The maximum absolute atomic E-state index is 12.3. The lowest BCUT2D eigenvalue weighted by molar-refractivity contribution is -0.384. The van der Waals surface area contributed by atoms with E-state index < -0.39 is 4.92 Å². The fraction of sp³-hybridized carbons (Fsp3) is 0.222. The van der Waals surface area contributed by atoms with E-state index in [1.165, 1.54) is 35.2 Å². The number of nitrogens with one attached hydrogen (secondary N) is 1. The average molecular weight is 403 g/mol. The summed E-state index contributed by atoms with van der Waals surface area (Å²) in [6, 6.07) is 11.8. The lowest BCUT2D eigenvalue weighted by Crippen LogP contribution is -2.16. The highest BCUT2D eigenvalue weighted by atomic mass is 32.2. The predicted molar refractivity (Wildman–Crippen MR) is 108 cm³/mol. The van der Waals surface area contributed by atoms with Gasteiger partial charge in [0.05, 0.1) is 32.7 Å². The maximum Gasteiger partial charge on any atom is 0.270 e. The summed E-state index contributed by atoms with van der Waals surface area (Å²) >= 11 is 2.62. The van der Waals surface area contributed by atoms with Crippen LogP contribution >= 0.6 is 23.1 Å². The first-order valence-corrected chi connectivity index (χ1v) is 9.96. The van der Waals surface area contributed by atoms with Gasteiger partial charge in [-0.3, -0.25) is 14.9 Å². The van der Waals surface area contributed by atoms with Crippen LogP contribution in [0.1, 0.15) is 13.8 Å². The fourth-order valence-corrected chi connectivity index (χ4v) is 4.21. The molecular formula is C18H17N3O4S2. The van der Waals surface area contributed by atoms with E-state index >= 15 is 0 Å². The van der Waals surface area contributed by atoms with Crippen LogP contribution in [0, 0.1) is 10.1 Å². The number of fused-ring (bicyclic) bond motifs is 1. The molecule has 0 unspecified atom stereocenters. The smallest absolute Gasteiger partial charge is 0.270 e. The van der Waals surface area contributed by atoms with Crippen LogP contribution in [-0.4, -0.2) is 27.7 Å². The van der Waals surface area contributed by atoms with E-state index in [4.69, 9.17) is 4.74 Å². The SMILES string of the molecule is CC(C)Oc1ccccc1NC(=O)CSc1nc2ccc([N+](=O)[O-])cc2s1. The summed E-state index contributed by atoms with van der Waals surface area (Å²) in [5.41, 5.74) is 1.34. The monoisotopic (exact) mass is 403 g/mol. The minimum absolute atomic E-state index is 0.00392. The number of carbonyl (C=O) groups excluding carboxylic acids is 1.